The van der Waals surface area contributed by atoms with Gasteiger partial charge in [0.2, 0.25) is 0 Å². The van der Waals surface area contributed by atoms with Gasteiger partial charge in [-0.2, -0.15) is 0 Å². The number of nitrogens with one attached hydrogen (secondary N) is 2. The number of benzene rings is 2. The zero-order chi connectivity index (χ0) is 15.2. The van der Waals surface area contributed by atoms with Gasteiger partial charge in [0.25, 0.3) is 5.91 Å². The van der Waals surface area contributed by atoms with Crippen LogP contribution in [0.5, 0.6) is 0 Å². The predicted octanol–water partition coefficient (Wildman–Crippen LogP) is 2.77. The van der Waals surface area contributed by atoms with Gasteiger partial charge in [0.1, 0.15) is 0 Å². The van der Waals surface area contributed by atoms with E-state index in [-0.39, 0.29) is 5.91 Å². The van der Waals surface area contributed by atoms with Crippen LogP contribution in [0.15, 0.2) is 42.5 Å². The molecule has 0 radical (unpaired) electrons. The van der Waals surface area contributed by atoms with E-state index in [9.17, 15) is 4.79 Å². The van der Waals surface area contributed by atoms with Gasteiger partial charge in [-0.25, -0.2) is 0 Å². The summed E-state index contributed by atoms with van der Waals surface area (Å²) in [7, 11) is 0. The van der Waals surface area contributed by atoms with Gasteiger partial charge in [-0.1, -0.05) is 31.2 Å². The smallest absolute Gasteiger partial charge is 0.251 e. The van der Waals surface area contributed by atoms with Gasteiger partial charge >= 0.3 is 0 Å². The molecule has 2 aromatic carbocycles. The number of hydrogen-bond donors (Lipinski definition) is 3. The van der Waals surface area contributed by atoms with Gasteiger partial charge in [-0.05, 0) is 48.2 Å². The number of carbonyl (C=O) groups excluding carboxylic acids is 1. The molecule has 2 rings (SSSR count). The molecule has 0 heterocycles. The van der Waals surface area contributed by atoms with Crippen molar-refractivity contribution in [2.75, 3.05) is 5.43 Å². The van der Waals surface area contributed by atoms with Crippen LogP contribution in [0.25, 0.3) is 0 Å². The van der Waals surface area contributed by atoms with E-state index in [1.807, 2.05) is 25.1 Å². The fourth-order valence-corrected chi connectivity index (χ4v) is 2.14. The molecule has 0 aliphatic carbocycles. The fraction of sp³-hybridized carbons (Fsp3) is 0.235. The molecule has 4 N–H and O–H groups in total. The molecule has 0 fully saturated rings. The SMILES string of the molecule is CCc1ccc(CNC(=O)c2ccc(NN)c(C)c2)cc1. The third kappa shape index (κ3) is 3.83. The standard InChI is InChI=1S/C17H21N3O/c1-3-13-4-6-14(7-5-13)11-19-17(21)15-8-9-16(20-18)12(2)10-15/h4-10,20H,3,11,18H2,1-2H3,(H,19,21). The van der Waals surface area contributed by atoms with Crippen LogP contribution < -0.4 is 16.6 Å². The van der Waals surface area contributed by atoms with Crippen LogP contribution in [0.3, 0.4) is 0 Å². The Bertz CT molecular complexity index is 620. The fourth-order valence-electron chi connectivity index (χ4n) is 2.14. The third-order valence-corrected chi connectivity index (χ3v) is 3.53. The van der Waals surface area contributed by atoms with Crippen molar-refractivity contribution in [3.63, 3.8) is 0 Å². The highest BCUT2D eigenvalue weighted by Gasteiger charge is 2.07. The maximum Gasteiger partial charge on any atom is 0.251 e. The van der Waals surface area contributed by atoms with Crippen LogP contribution in [0.4, 0.5) is 5.69 Å². The van der Waals surface area contributed by atoms with Crippen molar-refractivity contribution in [1.82, 2.24) is 5.32 Å². The van der Waals surface area contributed by atoms with Gasteiger partial charge < -0.3 is 10.7 Å². The van der Waals surface area contributed by atoms with Crippen molar-refractivity contribution in [1.29, 1.82) is 0 Å². The number of hydrogen-bond acceptors (Lipinski definition) is 3. The largest absolute Gasteiger partial charge is 0.348 e. The van der Waals surface area contributed by atoms with Gasteiger partial charge in [0.05, 0.1) is 5.69 Å². The molecule has 4 heteroatoms. The zero-order valence-corrected chi connectivity index (χ0v) is 12.4. The lowest BCUT2D eigenvalue weighted by atomic mass is 10.1. The number of hydrazine groups is 1. The van der Waals surface area contributed by atoms with Gasteiger partial charge in [0.15, 0.2) is 0 Å². The van der Waals surface area contributed by atoms with Crippen molar-refractivity contribution >= 4 is 11.6 Å². The van der Waals surface area contributed by atoms with Crippen LogP contribution in [0.1, 0.15) is 34.0 Å². The van der Waals surface area contributed by atoms with Crippen LogP contribution >= 0.6 is 0 Å². The number of anilines is 1. The summed E-state index contributed by atoms with van der Waals surface area (Å²) in [5.74, 6) is 5.30. The second-order valence-corrected chi connectivity index (χ2v) is 5.03. The van der Waals surface area contributed by atoms with Crippen LogP contribution in [0.2, 0.25) is 0 Å². The maximum atomic E-state index is 12.1. The molecule has 1 amide bonds. The third-order valence-electron chi connectivity index (χ3n) is 3.53. The van der Waals surface area contributed by atoms with E-state index in [1.165, 1.54) is 5.56 Å². The minimum atomic E-state index is -0.0822. The van der Waals surface area contributed by atoms with E-state index in [0.717, 1.165) is 23.2 Å². The number of carbonyl (C=O) groups is 1. The Labute approximate surface area is 125 Å². The first-order chi connectivity index (χ1) is 10.1. The summed E-state index contributed by atoms with van der Waals surface area (Å²) in [6.07, 6.45) is 1.02. The zero-order valence-electron chi connectivity index (χ0n) is 12.4. The molecule has 0 aromatic heterocycles. The lowest BCUT2D eigenvalue weighted by Crippen LogP contribution is -2.23. The average Bonchev–Trinajstić information content (AvgIpc) is 2.53. The Balaban J connectivity index is 1.99. The molecule has 0 unspecified atom stereocenters. The molecule has 0 bridgehead atoms. The Morgan fingerprint density at radius 1 is 1.10 bits per heavy atom. The molecule has 0 saturated carbocycles. The second kappa shape index (κ2) is 6.90. The highest BCUT2D eigenvalue weighted by atomic mass is 16.1. The van der Waals surface area contributed by atoms with Crippen molar-refractivity contribution in [3.8, 4) is 0 Å². The number of rotatable bonds is 5. The molecule has 0 aliphatic rings. The first-order valence-corrected chi connectivity index (χ1v) is 7.07. The maximum absolute atomic E-state index is 12.1. The molecule has 110 valence electrons. The van der Waals surface area contributed by atoms with Crippen molar-refractivity contribution in [2.45, 2.75) is 26.8 Å². The summed E-state index contributed by atoms with van der Waals surface area (Å²) in [4.78, 5) is 12.1. The number of nitrogens with two attached hydrogens (primary N) is 1. The average molecular weight is 283 g/mol. The quantitative estimate of drug-likeness (QED) is 0.584. The van der Waals surface area contributed by atoms with Crippen molar-refractivity contribution in [2.24, 2.45) is 5.84 Å². The molecule has 2 aromatic rings. The minimum Gasteiger partial charge on any atom is -0.348 e. The molecule has 0 saturated heterocycles. The summed E-state index contributed by atoms with van der Waals surface area (Å²) in [5.41, 5.74) is 7.39. The predicted molar refractivity (Wildman–Crippen MR) is 86.0 cm³/mol. The Hall–Kier alpha value is -2.33. The van der Waals surface area contributed by atoms with E-state index >= 15 is 0 Å². The lowest BCUT2D eigenvalue weighted by molar-refractivity contribution is 0.0951. The topological polar surface area (TPSA) is 67.2 Å². The highest BCUT2D eigenvalue weighted by Crippen LogP contribution is 2.15. The summed E-state index contributed by atoms with van der Waals surface area (Å²) in [6, 6.07) is 13.7. The molecular formula is C17H21N3O. The molecule has 4 nitrogen and oxygen atoms in total. The Morgan fingerprint density at radius 3 is 2.33 bits per heavy atom. The Kier molecular flexibility index (Phi) is 4.95. The van der Waals surface area contributed by atoms with E-state index in [2.05, 4.69) is 29.8 Å². The summed E-state index contributed by atoms with van der Waals surface area (Å²) >= 11 is 0. The molecule has 21 heavy (non-hydrogen) atoms. The summed E-state index contributed by atoms with van der Waals surface area (Å²) in [5, 5.41) is 2.93. The second-order valence-electron chi connectivity index (χ2n) is 5.03. The number of amides is 1. The highest BCUT2D eigenvalue weighted by molar-refractivity contribution is 5.94. The van der Waals surface area contributed by atoms with Crippen molar-refractivity contribution in [3.05, 3.63) is 64.7 Å². The Morgan fingerprint density at radius 2 is 1.76 bits per heavy atom. The monoisotopic (exact) mass is 283 g/mol. The summed E-state index contributed by atoms with van der Waals surface area (Å²) < 4.78 is 0. The van der Waals surface area contributed by atoms with Crippen LogP contribution in [0, 0.1) is 6.92 Å². The van der Waals surface area contributed by atoms with Gasteiger partial charge in [-0.3, -0.25) is 10.6 Å². The van der Waals surface area contributed by atoms with Crippen molar-refractivity contribution < 1.29 is 4.79 Å². The molecule has 0 atom stereocenters. The minimum absolute atomic E-state index is 0.0822. The van der Waals surface area contributed by atoms with Gasteiger partial charge in [-0.15, -0.1) is 0 Å². The van der Waals surface area contributed by atoms with Crippen LogP contribution in [-0.4, -0.2) is 5.91 Å². The summed E-state index contributed by atoms with van der Waals surface area (Å²) in [6.45, 7) is 4.56. The first-order valence-electron chi connectivity index (χ1n) is 7.07. The van der Waals surface area contributed by atoms with E-state index in [4.69, 9.17) is 5.84 Å². The lowest BCUT2D eigenvalue weighted by Gasteiger charge is -2.09. The van der Waals surface area contributed by atoms with E-state index < -0.39 is 0 Å². The van der Waals surface area contributed by atoms with E-state index in [1.54, 1.807) is 12.1 Å². The van der Waals surface area contributed by atoms with Crippen LogP contribution in [-0.2, 0) is 13.0 Å². The normalized spacial score (nSPS) is 10.2. The molecular weight excluding hydrogens is 262 g/mol. The number of aryl methyl sites for hydroxylation is 2. The van der Waals surface area contributed by atoms with E-state index in [0.29, 0.717) is 12.1 Å². The first kappa shape index (κ1) is 15.1. The van der Waals surface area contributed by atoms with Gasteiger partial charge in [0, 0.05) is 12.1 Å². The molecule has 0 spiro atoms. The number of nitrogen functional groups attached to an aromatic ring is 1. The molecule has 0 aliphatic heterocycles.